The summed E-state index contributed by atoms with van der Waals surface area (Å²) in [7, 11) is 0. The fourth-order valence-electron chi connectivity index (χ4n) is 2.98. The molecule has 7 nitrogen and oxygen atoms in total. The number of carbonyl (C=O) groups excluding carboxylic acids is 3. The summed E-state index contributed by atoms with van der Waals surface area (Å²) in [6, 6.07) is 8.82. The lowest BCUT2D eigenvalue weighted by Gasteiger charge is -2.40. The van der Waals surface area contributed by atoms with Crippen LogP contribution in [-0.4, -0.2) is 65.4 Å². The zero-order valence-corrected chi connectivity index (χ0v) is 16.8. The van der Waals surface area contributed by atoms with Gasteiger partial charge >= 0.3 is 5.97 Å². The lowest BCUT2D eigenvalue weighted by atomic mass is 10.0. The third kappa shape index (κ3) is 6.52. The Morgan fingerprint density at radius 2 is 1.81 bits per heavy atom. The van der Waals surface area contributed by atoms with Gasteiger partial charge in [-0.3, -0.25) is 14.4 Å². The van der Waals surface area contributed by atoms with E-state index in [4.69, 9.17) is 10.5 Å². The minimum absolute atomic E-state index is 0. The number of nitrogens with two attached hydrogens (primary N) is 1. The highest BCUT2D eigenvalue weighted by molar-refractivity contribution is 5.91. The quantitative estimate of drug-likeness (QED) is 0.748. The highest BCUT2D eigenvalue weighted by Gasteiger charge is 2.38. The summed E-state index contributed by atoms with van der Waals surface area (Å²) >= 11 is 0. The number of amides is 2. The van der Waals surface area contributed by atoms with Crippen molar-refractivity contribution in [2.24, 2.45) is 5.73 Å². The lowest BCUT2D eigenvalue weighted by molar-refractivity contribution is -0.162. The van der Waals surface area contributed by atoms with E-state index in [9.17, 15) is 14.4 Å². The van der Waals surface area contributed by atoms with Crippen molar-refractivity contribution in [2.75, 3.05) is 26.2 Å². The molecule has 1 aromatic carbocycles. The smallest absolute Gasteiger partial charge is 0.326 e. The molecule has 27 heavy (non-hydrogen) atoms. The maximum Gasteiger partial charge on any atom is 0.326 e. The number of carbonyl (C=O) groups is 3. The summed E-state index contributed by atoms with van der Waals surface area (Å²) < 4.78 is 5.30. The molecule has 0 radical (unpaired) electrons. The molecule has 1 aliphatic heterocycles. The first-order chi connectivity index (χ1) is 12.2. The molecule has 8 heteroatoms. The normalized spacial score (nSPS) is 17.3. The van der Waals surface area contributed by atoms with Crippen molar-refractivity contribution in [3.05, 3.63) is 35.9 Å². The zero-order chi connectivity index (χ0) is 19.3. The minimum atomic E-state index is -0.662. The van der Waals surface area contributed by atoms with Crippen molar-refractivity contribution >= 4 is 30.2 Å². The molecule has 0 saturated carbocycles. The zero-order valence-electron chi connectivity index (χ0n) is 16.0. The van der Waals surface area contributed by atoms with E-state index in [1.165, 1.54) is 9.80 Å². The van der Waals surface area contributed by atoms with Crippen LogP contribution in [0.15, 0.2) is 30.3 Å². The van der Waals surface area contributed by atoms with Crippen molar-refractivity contribution in [1.82, 2.24) is 9.80 Å². The van der Waals surface area contributed by atoms with E-state index in [1.807, 2.05) is 30.3 Å². The van der Waals surface area contributed by atoms with Gasteiger partial charge < -0.3 is 20.3 Å². The van der Waals surface area contributed by atoms with Crippen LogP contribution in [0.2, 0.25) is 0 Å². The summed E-state index contributed by atoms with van der Waals surface area (Å²) in [6.45, 7) is 5.71. The molecule has 0 unspecified atom stereocenters. The fraction of sp³-hybridized carbons (Fsp3) is 0.526. The highest BCUT2D eigenvalue weighted by atomic mass is 35.5. The summed E-state index contributed by atoms with van der Waals surface area (Å²) in [5.74, 6) is -0.980. The maximum absolute atomic E-state index is 12.9. The Hall–Kier alpha value is -2.12. The number of benzene rings is 1. The molecule has 0 bridgehead atoms. The number of halogens is 1. The average Bonchev–Trinajstić information content (AvgIpc) is 2.57. The van der Waals surface area contributed by atoms with Gasteiger partial charge in [-0.2, -0.15) is 0 Å². The van der Waals surface area contributed by atoms with E-state index in [0.717, 1.165) is 5.56 Å². The van der Waals surface area contributed by atoms with Gasteiger partial charge in [-0.25, -0.2) is 0 Å². The van der Waals surface area contributed by atoms with Gasteiger partial charge in [0.05, 0.1) is 6.54 Å². The van der Waals surface area contributed by atoms with Crippen LogP contribution in [-0.2, 0) is 25.5 Å². The third-order valence-corrected chi connectivity index (χ3v) is 4.09. The van der Waals surface area contributed by atoms with Crippen LogP contribution in [0.5, 0.6) is 0 Å². The Labute approximate surface area is 166 Å². The number of nitrogens with zero attached hydrogens (tertiary/aromatic N) is 2. The van der Waals surface area contributed by atoms with E-state index in [1.54, 1.807) is 20.8 Å². The Morgan fingerprint density at radius 1 is 1.19 bits per heavy atom. The van der Waals surface area contributed by atoms with E-state index >= 15 is 0 Å². The molecule has 1 atom stereocenters. The molecule has 0 aliphatic carbocycles. The predicted molar refractivity (Wildman–Crippen MR) is 104 cm³/mol. The number of piperazine rings is 1. The standard InChI is InChI=1S/C19H27N3O4.ClH/c1-19(2,3)26-17(24)13-21-9-10-22(16(23)12-20)15(18(21)25)11-14-7-5-4-6-8-14;/h4-8,15H,9-13,20H2,1-3H3;1H/t15-;/m0./s1. The Kier molecular flexibility index (Phi) is 8.24. The van der Waals surface area contributed by atoms with Crippen LogP contribution in [0, 0.1) is 0 Å². The Balaban J connectivity index is 0.00000364. The molecular formula is C19H28ClN3O4. The van der Waals surface area contributed by atoms with Crippen LogP contribution in [0.1, 0.15) is 26.3 Å². The second-order valence-corrected chi connectivity index (χ2v) is 7.34. The highest BCUT2D eigenvalue weighted by Crippen LogP contribution is 2.17. The van der Waals surface area contributed by atoms with Gasteiger partial charge in [0.15, 0.2) is 0 Å². The number of hydrogen-bond acceptors (Lipinski definition) is 5. The molecule has 2 rings (SSSR count). The average molecular weight is 398 g/mol. The second-order valence-electron chi connectivity index (χ2n) is 7.34. The largest absolute Gasteiger partial charge is 0.459 e. The summed E-state index contributed by atoms with van der Waals surface area (Å²) in [5, 5.41) is 0. The monoisotopic (exact) mass is 397 g/mol. The van der Waals surface area contributed by atoms with Gasteiger partial charge in [-0.1, -0.05) is 30.3 Å². The molecule has 1 fully saturated rings. The van der Waals surface area contributed by atoms with Gasteiger partial charge in [0.2, 0.25) is 11.8 Å². The van der Waals surface area contributed by atoms with E-state index in [-0.39, 0.29) is 43.9 Å². The second kappa shape index (κ2) is 9.71. The topological polar surface area (TPSA) is 92.9 Å². The first kappa shape index (κ1) is 22.9. The molecule has 1 saturated heterocycles. The fourth-order valence-corrected chi connectivity index (χ4v) is 2.98. The van der Waals surface area contributed by atoms with Crippen LogP contribution in [0.4, 0.5) is 0 Å². The molecule has 1 heterocycles. The first-order valence-electron chi connectivity index (χ1n) is 8.75. The molecular weight excluding hydrogens is 370 g/mol. The van der Waals surface area contributed by atoms with Crippen molar-refractivity contribution in [3.63, 3.8) is 0 Å². The van der Waals surface area contributed by atoms with Crippen molar-refractivity contribution in [3.8, 4) is 0 Å². The molecule has 2 N–H and O–H groups in total. The van der Waals surface area contributed by atoms with Crippen molar-refractivity contribution < 1.29 is 19.1 Å². The SMILES string of the molecule is CC(C)(C)OC(=O)CN1CCN(C(=O)CN)[C@@H](Cc2ccccc2)C1=O.Cl. The third-order valence-electron chi connectivity index (χ3n) is 4.09. The van der Waals surface area contributed by atoms with Gasteiger partial charge in [0.1, 0.15) is 18.2 Å². The van der Waals surface area contributed by atoms with Crippen LogP contribution in [0.3, 0.4) is 0 Å². The molecule has 150 valence electrons. The van der Waals surface area contributed by atoms with Crippen LogP contribution in [0.25, 0.3) is 0 Å². The summed E-state index contributed by atoms with van der Waals surface area (Å²) in [4.78, 5) is 40.2. The maximum atomic E-state index is 12.9. The molecule has 2 amide bonds. The van der Waals surface area contributed by atoms with Gasteiger partial charge in [-0.05, 0) is 26.3 Å². The van der Waals surface area contributed by atoms with Gasteiger partial charge in [0.25, 0.3) is 0 Å². The van der Waals surface area contributed by atoms with Gasteiger partial charge in [0, 0.05) is 19.5 Å². The van der Waals surface area contributed by atoms with Crippen molar-refractivity contribution in [2.45, 2.75) is 38.8 Å². The van der Waals surface area contributed by atoms with E-state index in [0.29, 0.717) is 13.0 Å². The van der Waals surface area contributed by atoms with E-state index < -0.39 is 17.6 Å². The summed E-state index contributed by atoms with van der Waals surface area (Å²) in [6.07, 6.45) is 0.385. The van der Waals surface area contributed by atoms with Crippen molar-refractivity contribution in [1.29, 1.82) is 0 Å². The molecule has 0 aromatic heterocycles. The summed E-state index contributed by atoms with van der Waals surface area (Å²) in [5.41, 5.74) is 5.83. The number of hydrogen-bond donors (Lipinski definition) is 1. The first-order valence-corrected chi connectivity index (χ1v) is 8.75. The predicted octanol–water partition coefficient (Wildman–Crippen LogP) is 0.991. The number of ether oxygens (including phenoxy) is 1. The van der Waals surface area contributed by atoms with Gasteiger partial charge in [-0.15, -0.1) is 12.4 Å². The Morgan fingerprint density at radius 3 is 2.37 bits per heavy atom. The Bertz CT molecular complexity index is 661. The number of esters is 1. The van der Waals surface area contributed by atoms with Crippen LogP contribution >= 0.6 is 12.4 Å². The molecule has 1 aliphatic rings. The van der Waals surface area contributed by atoms with Crippen LogP contribution < -0.4 is 5.73 Å². The van der Waals surface area contributed by atoms with E-state index in [2.05, 4.69) is 0 Å². The lowest BCUT2D eigenvalue weighted by Crippen LogP contribution is -2.61. The number of rotatable bonds is 5. The molecule has 1 aromatic rings. The minimum Gasteiger partial charge on any atom is -0.459 e. The molecule has 0 spiro atoms.